The Balaban J connectivity index is 2.02. The van der Waals surface area contributed by atoms with Gasteiger partial charge in [-0.05, 0) is 37.1 Å². The number of ether oxygens (including phenoxy) is 2. The van der Waals surface area contributed by atoms with Crippen LogP contribution in [0.4, 0.5) is 4.79 Å². The lowest BCUT2D eigenvalue weighted by atomic mass is 10.1. The van der Waals surface area contributed by atoms with Gasteiger partial charge < -0.3 is 14.8 Å². The minimum Gasteiger partial charge on any atom is -0.494 e. The van der Waals surface area contributed by atoms with E-state index in [-0.39, 0.29) is 6.61 Å². The van der Waals surface area contributed by atoms with Gasteiger partial charge in [-0.25, -0.2) is 10.2 Å². The lowest BCUT2D eigenvalue weighted by molar-refractivity contribution is -0.123. The van der Waals surface area contributed by atoms with Gasteiger partial charge in [-0.2, -0.15) is 5.10 Å². The number of rotatable bonds is 9. The number of hydrogen-bond donors (Lipinski definition) is 2. The highest BCUT2D eigenvalue weighted by Gasteiger charge is 2.21. The summed E-state index contributed by atoms with van der Waals surface area (Å²) in [5, 5.41) is 6.56. The minimum absolute atomic E-state index is 0.222. The third-order valence-electron chi connectivity index (χ3n) is 3.72. The smallest absolute Gasteiger partial charge is 0.407 e. The summed E-state index contributed by atoms with van der Waals surface area (Å²) in [5.41, 5.74) is 4.16. The molecule has 28 heavy (non-hydrogen) atoms. The molecule has 0 saturated carbocycles. The largest absolute Gasteiger partial charge is 0.494 e. The third-order valence-corrected chi connectivity index (χ3v) is 3.72. The molecule has 0 radical (unpaired) electrons. The summed E-state index contributed by atoms with van der Waals surface area (Å²) < 4.78 is 10.3. The summed E-state index contributed by atoms with van der Waals surface area (Å²) in [4.78, 5) is 24.3. The lowest BCUT2D eigenvalue weighted by Crippen LogP contribution is -2.47. The van der Waals surface area contributed by atoms with E-state index in [4.69, 9.17) is 9.47 Å². The minimum atomic E-state index is -0.812. The van der Waals surface area contributed by atoms with Crippen LogP contribution in [0.1, 0.15) is 25.0 Å². The van der Waals surface area contributed by atoms with E-state index in [9.17, 15) is 9.59 Å². The summed E-state index contributed by atoms with van der Waals surface area (Å²) in [7, 11) is 0. The highest BCUT2D eigenvalue weighted by Crippen LogP contribution is 2.11. The van der Waals surface area contributed by atoms with Gasteiger partial charge >= 0.3 is 6.09 Å². The first-order valence-electron chi connectivity index (χ1n) is 9.15. The molecule has 0 heterocycles. The molecule has 0 aliphatic heterocycles. The molecule has 2 N–H and O–H groups in total. The quantitative estimate of drug-likeness (QED) is 0.515. The van der Waals surface area contributed by atoms with Crippen molar-refractivity contribution < 1.29 is 19.1 Å². The Kier molecular flexibility index (Phi) is 8.52. The van der Waals surface area contributed by atoms with Crippen molar-refractivity contribution in [3.8, 4) is 5.75 Å². The van der Waals surface area contributed by atoms with E-state index in [1.54, 1.807) is 6.92 Å². The molecule has 148 valence electrons. The van der Waals surface area contributed by atoms with Gasteiger partial charge in [0.2, 0.25) is 0 Å². The van der Waals surface area contributed by atoms with Gasteiger partial charge in [0.25, 0.3) is 5.91 Å². The maximum Gasteiger partial charge on any atom is 0.407 e. The summed E-state index contributed by atoms with van der Waals surface area (Å²) >= 11 is 0. The standard InChI is InChI=1S/C21H25N3O4/c1-3-27-18-12-8-11-17(13-18)15-22-24-20(25)19(23-21(26)28-4-2)14-16-9-6-5-7-10-16/h5-13,15,19H,3-4,14H2,1-2H3,(H,23,26)(H,24,25)/b22-15-/t19-/m1/s1. The number of amides is 2. The van der Waals surface area contributed by atoms with Crippen molar-refractivity contribution in [2.45, 2.75) is 26.3 Å². The number of benzene rings is 2. The molecule has 2 aromatic carbocycles. The number of hydrogen-bond acceptors (Lipinski definition) is 5. The van der Waals surface area contributed by atoms with Gasteiger partial charge in [-0.3, -0.25) is 4.79 Å². The maximum atomic E-state index is 12.5. The van der Waals surface area contributed by atoms with E-state index in [1.807, 2.05) is 61.5 Å². The zero-order valence-electron chi connectivity index (χ0n) is 16.1. The molecule has 0 aromatic heterocycles. The Hall–Kier alpha value is -3.35. The molecule has 0 bridgehead atoms. The average molecular weight is 383 g/mol. The van der Waals surface area contributed by atoms with Crippen molar-refractivity contribution in [3.05, 3.63) is 65.7 Å². The van der Waals surface area contributed by atoms with E-state index in [1.165, 1.54) is 6.21 Å². The van der Waals surface area contributed by atoms with Crippen LogP contribution >= 0.6 is 0 Å². The van der Waals surface area contributed by atoms with Crippen molar-refractivity contribution in [2.75, 3.05) is 13.2 Å². The highest BCUT2D eigenvalue weighted by molar-refractivity contribution is 5.87. The number of carbonyl (C=O) groups excluding carboxylic acids is 2. The Morgan fingerprint density at radius 3 is 2.57 bits per heavy atom. The van der Waals surface area contributed by atoms with Crippen LogP contribution in [0, 0.1) is 0 Å². The van der Waals surface area contributed by atoms with Crippen LogP contribution in [0.25, 0.3) is 0 Å². The fourth-order valence-electron chi connectivity index (χ4n) is 2.47. The molecule has 1 atom stereocenters. The summed E-state index contributed by atoms with van der Waals surface area (Å²) in [5.74, 6) is 0.290. The number of carbonyl (C=O) groups is 2. The van der Waals surface area contributed by atoms with Crippen LogP contribution in [0.5, 0.6) is 5.75 Å². The van der Waals surface area contributed by atoms with Crippen LogP contribution < -0.4 is 15.5 Å². The van der Waals surface area contributed by atoms with Gasteiger partial charge in [0.1, 0.15) is 11.8 Å². The van der Waals surface area contributed by atoms with Gasteiger partial charge in [-0.15, -0.1) is 0 Å². The molecule has 2 rings (SSSR count). The van der Waals surface area contributed by atoms with Gasteiger partial charge in [-0.1, -0.05) is 42.5 Å². The summed E-state index contributed by atoms with van der Waals surface area (Å²) in [6.07, 6.45) is 1.19. The third kappa shape index (κ3) is 7.11. The molecule has 7 heteroatoms. The van der Waals surface area contributed by atoms with Crippen molar-refractivity contribution >= 4 is 18.2 Å². The molecule has 2 amide bonds. The number of nitrogens with one attached hydrogen (secondary N) is 2. The summed E-state index contributed by atoms with van der Waals surface area (Å²) in [6.45, 7) is 4.40. The van der Waals surface area contributed by atoms with Crippen LogP contribution in [0.15, 0.2) is 59.7 Å². The second-order valence-electron chi connectivity index (χ2n) is 5.85. The number of nitrogens with zero attached hydrogens (tertiary/aromatic N) is 1. The molecule has 0 aliphatic carbocycles. The fraction of sp³-hybridized carbons (Fsp3) is 0.286. The Labute approximate surface area is 164 Å². The van der Waals surface area contributed by atoms with Gasteiger partial charge in [0.15, 0.2) is 0 Å². The Bertz CT molecular complexity index is 793. The predicted molar refractivity (Wildman–Crippen MR) is 107 cm³/mol. The molecule has 0 spiro atoms. The SMILES string of the molecule is CCOC(=O)N[C@H](Cc1ccccc1)C(=O)N/N=C\c1cccc(OCC)c1. The van der Waals surface area contributed by atoms with E-state index < -0.39 is 18.0 Å². The number of hydrazone groups is 1. The van der Waals surface area contributed by atoms with Gasteiger partial charge in [0.05, 0.1) is 19.4 Å². The monoisotopic (exact) mass is 383 g/mol. The second kappa shape index (κ2) is 11.4. The lowest BCUT2D eigenvalue weighted by Gasteiger charge is -2.16. The molecule has 0 unspecified atom stereocenters. The molecule has 0 fully saturated rings. The fourth-order valence-corrected chi connectivity index (χ4v) is 2.47. The van der Waals surface area contributed by atoms with Crippen molar-refractivity contribution in [1.82, 2.24) is 10.7 Å². The molecule has 0 aliphatic rings. The van der Waals surface area contributed by atoms with Crippen LogP contribution in [-0.2, 0) is 16.0 Å². The Morgan fingerprint density at radius 2 is 1.86 bits per heavy atom. The number of alkyl carbamates (subject to hydrolysis) is 1. The Morgan fingerprint density at radius 1 is 1.07 bits per heavy atom. The highest BCUT2D eigenvalue weighted by atomic mass is 16.5. The molecule has 0 saturated heterocycles. The maximum absolute atomic E-state index is 12.5. The summed E-state index contributed by atoms with van der Waals surface area (Å²) in [6, 6.07) is 15.9. The zero-order chi connectivity index (χ0) is 20.2. The topological polar surface area (TPSA) is 89.0 Å². The molecular formula is C21H25N3O4. The molecule has 7 nitrogen and oxygen atoms in total. The predicted octanol–water partition coefficient (Wildman–Crippen LogP) is 2.89. The van der Waals surface area contributed by atoms with Crippen LogP contribution in [0.3, 0.4) is 0 Å². The molecular weight excluding hydrogens is 358 g/mol. The van der Waals surface area contributed by atoms with E-state index in [2.05, 4.69) is 15.8 Å². The first kappa shape index (κ1) is 21.0. The van der Waals surface area contributed by atoms with Crippen LogP contribution in [0.2, 0.25) is 0 Å². The molecule has 2 aromatic rings. The normalized spacial score (nSPS) is 11.6. The first-order valence-corrected chi connectivity index (χ1v) is 9.15. The van der Waals surface area contributed by atoms with Gasteiger partial charge in [0, 0.05) is 6.42 Å². The van der Waals surface area contributed by atoms with Crippen molar-refractivity contribution in [3.63, 3.8) is 0 Å². The van der Waals surface area contributed by atoms with E-state index in [0.29, 0.717) is 13.0 Å². The first-order chi connectivity index (χ1) is 13.6. The van der Waals surface area contributed by atoms with E-state index in [0.717, 1.165) is 16.9 Å². The van der Waals surface area contributed by atoms with Crippen molar-refractivity contribution in [1.29, 1.82) is 0 Å². The van der Waals surface area contributed by atoms with Crippen LogP contribution in [-0.4, -0.2) is 37.5 Å². The zero-order valence-corrected chi connectivity index (χ0v) is 16.1. The van der Waals surface area contributed by atoms with E-state index >= 15 is 0 Å². The second-order valence-corrected chi connectivity index (χ2v) is 5.85. The van der Waals surface area contributed by atoms with Crippen molar-refractivity contribution in [2.24, 2.45) is 5.10 Å². The average Bonchev–Trinajstić information content (AvgIpc) is 2.69.